The first-order valence-corrected chi connectivity index (χ1v) is 10.6. The van der Waals surface area contributed by atoms with Gasteiger partial charge < -0.3 is 4.74 Å². The summed E-state index contributed by atoms with van der Waals surface area (Å²) in [6.45, 7) is 1.79. The lowest BCUT2D eigenvalue weighted by atomic mass is 10.1. The first kappa shape index (κ1) is 21.5. The third-order valence-corrected chi connectivity index (χ3v) is 5.72. The summed E-state index contributed by atoms with van der Waals surface area (Å²) >= 11 is 0.788. The molecule has 0 bridgehead atoms. The number of thioether (sulfide) groups is 1. The normalized spacial score (nSPS) is 14.8. The summed E-state index contributed by atoms with van der Waals surface area (Å²) in [7, 11) is 0. The summed E-state index contributed by atoms with van der Waals surface area (Å²) in [6, 6.07) is 19.7. The second-order valence-corrected chi connectivity index (χ2v) is 8.18. The minimum absolute atomic E-state index is 0.136. The summed E-state index contributed by atoms with van der Waals surface area (Å²) < 4.78 is 19.3. The summed E-state index contributed by atoms with van der Waals surface area (Å²) in [6.07, 6.45) is 1.55. The van der Waals surface area contributed by atoms with Crippen LogP contribution in [0.1, 0.15) is 27.0 Å². The van der Waals surface area contributed by atoms with E-state index in [0.29, 0.717) is 16.9 Å². The van der Waals surface area contributed by atoms with E-state index in [1.807, 2.05) is 19.1 Å². The number of halogens is 1. The second-order valence-electron chi connectivity index (χ2n) is 7.19. The van der Waals surface area contributed by atoms with Gasteiger partial charge in [-0.15, -0.1) is 0 Å². The molecule has 160 valence electrons. The summed E-state index contributed by atoms with van der Waals surface area (Å²) in [5.74, 6) is -1.15. The summed E-state index contributed by atoms with van der Waals surface area (Å²) in [5.41, 5.74) is 2.32. The fraction of sp³-hybridized carbons (Fsp3) is 0.0800. The number of esters is 1. The molecule has 0 saturated carbocycles. The van der Waals surface area contributed by atoms with Crippen LogP contribution in [0.4, 0.5) is 9.18 Å². The average Bonchev–Trinajstić information content (AvgIpc) is 3.03. The highest BCUT2D eigenvalue weighted by Gasteiger charge is 2.35. The van der Waals surface area contributed by atoms with Crippen molar-refractivity contribution in [3.05, 3.63) is 106 Å². The Morgan fingerprint density at radius 3 is 2.53 bits per heavy atom. The lowest BCUT2D eigenvalue weighted by molar-refractivity contribution is -0.123. The number of rotatable bonds is 5. The Bertz CT molecular complexity index is 1240. The average molecular weight is 447 g/mol. The van der Waals surface area contributed by atoms with Crippen LogP contribution in [0.2, 0.25) is 0 Å². The lowest BCUT2D eigenvalue weighted by Gasteiger charge is -2.12. The van der Waals surface area contributed by atoms with Crippen LogP contribution in [0.25, 0.3) is 6.08 Å². The number of hydrogen-bond acceptors (Lipinski definition) is 5. The molecule has 32 heavy (non-hydrogen) atoms. The van der Waals surface area contributed by atoms with E-state index >= 15 is 0 Å². The number of hydrogen-bond donors (Lipinski definition) is 0. The third kappa shape index (κ3) is 4.78. The van der Waals surface area contributed by atoms with Gasteiger partial charge in [0.05, 0.1) is 17.0 Å². The van der Waals surface area contributed by atoms with E-state index in [1.54, 1.807) is 54.6 Å². The fourth-order valence-corrected chi connectivity index (χ4v) is 3.95. The number of aryl methyl sites for hydroxylation is 1. The van der Waals surface area contributed by atoms with Crippen molar-refractivity contribution >= 4 is 35.0 Å². The zero-order chi connectivity index (χ0) is 22.7. The molecule has 4 rings (SSSR count). The van der Waals surface area contributed by atoms with Gasteiger partial charge in [0.2, 0.25) is 0 Å². The molecule has 5 nitrogen and oxygen atoms in total. The van der Waals surface area contributed by atoms with Crippen molar-refractivity contribution < 1.29 is 23.5 Å². The minimum atomic E-state index is -0.495. The number of carbonyl (C=O) groups is 3. The van der Waals surface area contributed by atoms with Crippen molar-refractivity contribution in [1.29, 1.82) is 0 Å². The molecule has 2 amide bonds. The molecule has 0 N–H and O–H groups in total. The van der Waals surface area contributed by atoms with Crippen molar-refractivity contribution in [1.82, 2.24) is 4.90 Å². The van der Waals surface area contributed by atoms with Gasteiger partial charge in [0.15, 0.2) is 0 Å². The Kier molecular flexibility index (Phi) is 6.18. The maximum atomic E-state index is 13.9. The van der Waals surface area contributed by atoms with Crippen molar-refractivity contribution in [2.45, 2.75) is 13.5 Å². The van der Waals surface area contributed by atoms with Crippen LogP contribution in [-0.2, 0) is 11.3 Å². The number of benzene rings is 3. The molecule has 0 unspecified atom stereocenters. The number of carbonyl (C=O) groups excluding carboxylic acids is 3. The van der Waals surface area contributed by atoms with Gasteiger partial charge in [-0.3, -0.25) is 14.5 Å². The number of ether oxygens (including phenoxy) is 1. The first-order valence-electron chi connectivity index (χ1n) is 9.78. The van der Waals surface area contributed by atoms with E-state index in [1.165, 1.54) is 12.1 Å². The van der Waals surface area contributed by atoms with Gasteiger partial charge in [0, 0.05) is 5.56 Å². The van der Waals surface area contributed by atoms with Gasteiger partial charge in [0.1, 0.15) is 11.6 Å². The molecule has 3 aromatic rings. The van der Waals surface area contributed by atoms with Crippen LogP contribution in [0.5, 0.6) is 5.75 Å². The lowest BCUT2D eigenvalue weighted by Crippen LogP contribution is -2.27. The molecule has 1 aliphatic rings. The topological polar surface area (TPSA) is 63.7 Å². The Hall–Kier alpha value is -3.71. The first-order chi connectivity index (χ1) is 15.4. The fourth-order valence-electron chi connectivity index (χ4n) is 3.11. The van der Waals surface area contributed by atoms with Crippen molar-refractivity contribution in [3.63, 3.8) is 0 Å². The molecule has 1 saturated heterocycles. The van der Waals surface area contributed by atoms with Crippen LogP contribution in [0.3, 0.4) is 0 Å². The molecule has 0 atom stereocenters. The van der Waals surface area contributed by atoms with E-state index in [2.05, 4.69) is 0 Å². The molecular weight excluding hydrogens is 429 g/mol. The third-order valence-electron chi connectivity index (χ3n) is 4.81. The largest absolute Gasteiger partial charge is 0.423 e. The molecular formula is C25H18FNO4S. The predicted molar refractivity (Wildman–Crippen MR) is 120 cm³/mol. The quantitative estimate of drug-likeness (QED) is 0.290. The summed E-state index contributed by atoms with van der Waals surface area (Å²) in [4.78, 5) is 38.6. The number of imide groups is 1. The van der Waals surface area contributed by atoms with Gasteiger partial charge in [-0.1, -0.05) is 48.0 Å². The van der Waals surface area contributed by atoms with Gasteiger partial charge in [-0.05, 0) is 60.7 Å². The van der Waals surface area contributed by atoms with E-state index < -0.39 is 22.9 Å². The van der Waals surface area contributed by atoms with Crippen molar-refractivity contribution in [2.75, 3.05) is 0 Å². The van der Waals surface area contributed by atoms with Crippen LogP contribution in [0.15, 0.2) is 77.7 Å². The van der Waals surface area contributed by atoms with Gasteiger partial charge >= 0.3 is 5.97 Å². The van der Waals surface area contributed by atoms with E-state index in [0.717, 1.165) is 22.2 Å². The van der Waals surface area contributed by atoms with Crippen molar-refractivity contribution in [2.24, 2.45) is 0 Å². The maximum absolute atomic E-state index is 13.9. The van der Waals surface area contributed by atoms with Crippen molar-refractivity contribution in [3.8, 4) is 5.75 Å². The van der Waals surface area contributed by atoms with Gasteiger partial charge in [-0.2, -0.15) is 0 Å². The van der Waals surface area contributed by atoms with E-state index in [9.17, 15) is 18.8 Å². The zero-order valence-electron chi connectivity index (χ0n) is 17.1. The molecule has 1 heterocycles. The smallest absolute Gasteiger partial charge is 0.343 e. The Labute approximate surface area is 188 Å². The Morgan fingerprint density at radius 2 is 1.78 bits per heavy atom. The molecule has 0 radical (unpaired) electrons. The zero-order valence-corrected chi connectivity index (χ0v) is 17.9. The van der Waals surface area contributed by atoms with Crippen LogP contribution >= 0.6 is 11.8 Å². The highest BCUT2D eigenvalue weighted by Crippen LogP contribution is 2.34. The molecule has 7 heteroatoms. The standard InChI is InChI=1S/C25H18FNO4S/c1-16-9-11-18(12-10-16)24(29)31-20-7-4-5-17(13-20)14-22-23(28)27(25(30)32-22)15-19-6-2-3-8-21(19)26/h2-14H,15H2,1H3/b22-14-. The molecule has 0 aliphatic carbocycles. The highest BCUT2D eigenvalue weighted by molar-refractivity contribution is 8.18. The Balaban J connectivity index is 1.49. The van der Waals surface area contributed by atoms with E-state index in [-0.39, 0.29) is 17.0 Å². The number of amides is 2. The molecule has 1 aliphatic heterocycles. The predicted octanol–water partition coefficient (Wildman–Crippen LogP) is 5.59. The van der Waals surface area contributed by atoms with Crippen LogP contribution < -0.4 is 4.74 Å². The number of nitrogens with zero attached hydrogens (tertiary/aromatic N) is 1. The van der Waals surface area contributed by atoms with Gasteiger partial charge in [-0.25, -0.2) is 9.18 Å². The molecule has 3 aromatic carbocycles. The Morgan fingerprint density at radius 1 is 1.03 bits per heavy atom. The van der Waals surface area contributed by atoms with E-state index in [4.69, 9.17) is 4.74 Å². The summed E-state index contributed by atoms with van der Waals surface area (Å²) in [5, 5.41) is -0.466. The molecule has 0 spiro atoms. The molecule has 1 fully saturated rings. The van der Waals surface area contributed by atoms with Crippen LogP contribution in [0, 0.1) is 12.7 Å². The second kappa shape index (κ2) is 9.20. The molecule has 0 aromatic heterocycles. The maximum Gasteiger partial charge on any atom is 0.343 e. The van der Waals surface area contributed by atoms with Crippen LogP contribution in [-0.4, -0.2) is 22.0 Å². The monoisotopic (exact) mass is 447 g/mol. The minimum Gasteiger partial charge on any atom is -0.423 e. The highest BCUT2D eigenvalue weighted by atomic mass is 32.2. The van der Waals surface area contributed by atoms with Gasteiger partial charge in [0.25, 0.3) is 11.1 Å². The SMILES string of the molecule is Cc1ccc(C(=O)Oc2cccc(/C=C3\SC(=O)N(Cc4ccccc4F)C3=O)c2)cc1.